The molecule has 2 rings (SSSR count). The number of hydrogen-bond acceptors (Lipinski definition) is 2. The first-order chi connectivity index (χ1) is 7.25. The Balaban J connectivity index is 1.90. The molecule has 1 unspecified atom stereocenters. The number of ether oxygens (including phenoxy) is 1. The SMILES string of the molecule is Cc1cc(OCC2CCCN2)ccc1F. The predicted octanol–water partition coefficient (Wildman–Crippen LogP) is 2.26. The predicted molar refractivity (Wildman–Crippen MR) is 57.7 cm³/mol. The molecule has 0 spiro atoms. The highest BCUT2D eigenvalue weighted by Gasteiger charge is 2.14. The number of hydrogen-bond donors (Lipinski definition) is 1. The van der Waals surface area contributed by atoms with Crippen molar-refractivity contribution in [1.29, 1.82) is 0 Å². The molecule has 0 aliphatic carbocycles. The Morgan fingerprint density at radius 3 is 3.07 bits per heavy atom. The Morgan fingerprint density at radius 2 is 2.40 bits per heavy atom. The fourth-order valence-electron chi connectivity index (χ4n) is 1.80. The molecular formula is C12H16FNO. The first-order valence-corrected chi connectivity index (χ1v) is 5.38. The first-order valence-electron chi connectivity index (χ1n) is 5.38. The van der Waals surface area contributed by atoms with E-state index in [2.05, 4.69) is 5.32 Å². The van der Waals surface area contributed by atoms with Crippen molar-refractivity contribution in [3.05, 3.63) is 29.6 Å². The third-order valence-electron chi connectivity index (χ3n) is 2.74. The van der Waals surface area contributed by atoms with Crippen LogP contribution in [-0.2, 0) is 0 Å². The number of aryl methyl sites for hydroxylation is 1. The molecule has 1 aromatic rings. The second-order valence-electron chi connectivity index (χ2n) is 4.02. The van der Waals surface area contributed by atoms with E-state index in [0.29, 0.717) is 18.2 Å². The maximum atomic E-state index is 13.0. The molecule has 0 amide bonds. The summed E-state index contributed by atoms with van der Waals surface area (Å²) in [7, 11) is 0. The lowest BCUT2D eigenvalue weighted by Crippen LogP contribution is -2.28. The van der Waals surface area contributed by atoms with Crippen molar-refractivity contribution >= 4 is 0 Å². The Hall–Kier alpha value is -1.09. The van der Waals surface area contributed by atoms with Crippen molar-refractivity contribution in [2.45, 2.75) is 25.8 Å². The molecule has 1 aliphatic heterocycles. The molecular weight excluding hydrogens is 193 g/mol. The molecule has 1 aliphatic rings. The second kappa shape index (κ2) is 4.62. The topological polar surface area (TPSA) is 21.3 Å². The van der Waals surface area contributed by atoms with E-state index in [0.717, 1.165) is 12.3 Å². The summed E-state index contributed by atoms with van der Waals surface area (Å²) in [4.78, 5) is 0. The molecule has 0 radical (unpaired) electrons. The van der Waals surface area contributed by atoms with Crippen molar-refractivity contribution in [3.8, 4) is 5.75 Å². The third kappa shape index (κ3) is 2.69. The minimum Gasteiger partial charge on any atom is -0.492 e. The van der Waals surface area contributed by atoms with Crippen molar-refractivity contribution in [3.63, 3.8) is 0 Å². The van der Waals surface area contributed by atoms with Crippen molar-refractivity contribution in [2.75, 3.05) is 13.2 Å². The molecule has 1 aromatic carbocycles. The van der Waals surface area contributed by atoms with Crippen molar-refractivity contribution in [2.24, 2.45) is 0 Å². The van der Waals surface area contributed by atoms with Crippen LogP contribution in [0.15, 0.2) is 18.2 Å². The van der Waals surface area contributed by atoms with Crippen LogP contribution >= 0.6 is 0 Å². The molecule has 1 fully saturated rings. The quantitative estimate of drug-likeness (QED) is 0.824. The third-order valence-corrected chi connectivity index (χ3v) is 2.74. The normalized spacial score (nSPS) is 20.5. The van der Waals surface area contributed by atoms with E-state index in [1.165, 1.54) is 18.9 Å². The molecule has 82 valence electrons. The molecule has 1 atom stereocenters. The van der Waals surface area contributed by atoms with Crippen LogP contribution in [0, 0.1) is 12.7 Å². The van der Waals surface area contributed by atoms with E-state index in [1.54, 1.807) is 19.1 Å². The van der Waals surface area contributed by atoms with Gasteiger partial charge in [0.15, 0.2) is 0 Å². The summed E-state index contributed by atoms with van der Waals surface area (Å²) in [6.07, 6.45) is 2.39. The van der Waals surface area contributed by atoms with Gasteiger partial charge in [-0.1, -0.05) is 0 Å². The number of halogens is 1. The Kier molecular flexibility index (Phi) is 3.21. The lowest BCUT2D eigenvalue weighted by Gasteiger charge is -2.12. The van der Waals surface area contributed by atoms with E-state index in [-0.39, 0.29) is 5.82 Å². The largest absolute Gasteiger partial charge is 0.492 e. The highest BCUT2D eigenvalue weighted by Crippen LogP contribution is 2.17. The lowest BCUT2D eigenvalue weighted by molar-refractivity contribution is 0.276. The van der Waals surface area contributed by atoms with Gasteiger partial charge in [0.25, 0.3) is 0 Å². The van der Waals surface area contributed by atoms with Crippen LogP contribution in [0.4, 0.5) is 4.39 Å². The van der Waals surface area contributed by atoms with E-state index >= 15 is 0 Å². The number of benzene rings is 1. The zero-order chi connectivity index (χ0) is 10.7. The fraction of sp³-hybridized carbons (Fsp3) is 0.500. The van der Waals surface area contributed by atoms with E-state index in [1.807, 2.05) is 0 Å². The van der Waals surface area contributed by atoms with Gasteiger partial charge < -0.3 is 10.1 Å². The summed E-state index contributed by atoms with van der Waals surface area (Å²) >= 11 is 0. The minimum atomic E-state index is -0.179. The van der Waals surface area contributed by atoms with E-state index < -0.39 is 0 Å². The minimum absolute atomic E-state index is 0.179. The molecule has 1 heterocycles. The van der Waals surface area contributed by atoms with Crippen LogP contribution in [0.2, 0.25) is 0 Å². The monoisotopic (exact) mass is 209 g/mol. The second-order valence-corrected chi connectivity index (χ2v) is 4.02. The average Bonchev–Trinajstić information content (AvgIpc) is 2.73. The van der Waals surface area contributed by atoms with Crippen LogP contribution in [0.5, 0.6) is 5.75 Å². The summed E-state index contributed by atoms with van der Waals surface area (Å²) in [5.41, 5.74) is 0.631. The Labute approximate surface area is 89.4 Å². The molecule has 2 nitrogen and oxygen atoms in total. The van der Waals surface area contributed by atoms with Crippen LogP contribution in [-0.4, -0.2) is 19.2 Å². The summed E-state index contributed by atoms with van der Waals surface area (Å²) in [6.45, 7) is 3.50. The summed E-state index contributed by atoms with van der Waals surface area (Å²) < 4.78 is 18.6. The maximum Gasteiger partial charge on any atom is 0.126 e. The van der Waals surface area contributed by atoms with Gasteiger partial charge in [-0.3, -0.25) is 0 Å². The lowest BCUT2D eigenvalue weighted by atomic mass is 10.2. The van der Waals surface area contributed by atoms with Gasteiger partial charge in [-0.25, -0.2) is 4.39 Å². The van der Waals surface area contributed by atoms with Gasteiger partial charge in [-0.15, -0.1) is 0 Å². The van der Waals surface area contributed by atoms with Crippen LogP contribution in [0.1, 0.15) is 18.4 Å². The Bertz CT molecular complexity index is 334. The van der Waals surface area contributed by atoms with Gasteiger partial charge in [0.1, 0.15) is 18.2 Å². The van der Waals surface area contributed by atoms with Gasteiger partial charge in [0, 0.05) is 6.04 Å². The zero-order valence-electron chi connectivity index (χ0n) is 8.92. The fourth-order valence-corrected chi connectivity index (χ4v) is 1.80. The van der Waals surface area contributed by atoms with Crippen molar-refractivity contribution in [1.82, 2.24) is 5.32 Å². The average molecular weight is 209 g/mol. The standard InChI is InChI=1S/C12H16FNO/c1-9-7-11(4-5-12(9)13)15-8-10-3-2-6-14-10/h4-5,7,10,14H,2-3,6,8H2,1H3. The van der Waals surface area contributed by atoms with Gasteiger partial charge in [-0.2, -0.15) is 0 Å². The van der Waals surface area contributed by atoms with E-state index in [4.69, 9.17) is 4.74 Å². The first kappa shape index (κ1) is 10.4. The molecule has 0 saturated carbocycles. The van der Waals surface area contributed by atoms with Gasteiger partial charge in [0.05, 0.1) is 0 Å². The van der Waals surface area contributed by atoms with Gasteiger partial charge in [0.2, 0.25) is 0 Å². The zero-order valence-corrected chi connectivity index (χ0v) is 8.92. The molecule has 1 N–H and O–H groups in total. The van der Waals surface area contributed by atoms with Crippen LogP contribution in [0.25, 0.3) is 0 Å². The molecule has 0 aromatic heterocycles. The molecule has 3 heteroatoms. The highest BCUT2D eigenvalue weighted by atomic mass is 19.1. The van der Waals surface area contributed by atoms with Crippen molar-refractivity contribution < 1.29 is 9.13 Å². The van der Waals surface area contributed by atoms with Crippen LogP contribution < -0.4 is 10.1 Å². The summed E-state index contributed by atoms with van der Waals surface area (Å²) in [6, 6.07) is 5.32. The highest BCUT2D eigenvalue weighted by molar-refractivity contribution is 5.28. The van der Waals surface area contributed by atoms with Crippen LogP contribution in [0.3, 0.4) is 0 Å². The Morgan fingerprint density at radius 1 is 1.53 bits per heavy atom. The van der Waals surface area contributed by atoms with Gasteiger partial charge in [-0.05, 0) is 50.1 Å². The summed E-state index contributed by atoms with van der Waals surface area (Å²) in [5, 5.41) is 3.35. The summed E-state index contributed by atoms with van der Waals surface area (Å²) in [5.74, 6) is 0.573. The smallest absolute Gasteiger partial charge is 0.126 e. The molecule has 15 heavy (non-hydrogen) atoms. The molecule has 0 bridgehead atoms. The number of rotatable bonds is 3. The van der Waals surface area contributed by atoms with E-state index in [9.17, 15) is 4.39 Å². The number of nitrogens with one attached hydrogen (secondary N) is 1. The maximum absolute atomic E-state index is 13.0. The van der Waals surface area contributed by atoms with Gasteiger partial charge >= 0.3 is 0 Å². The molecule has 1 saturated heterocycles.